The van der Waals surface area contributed by atoms with Crippen molar-refractivity contribution in [3.05, 3.63) is 15.5 Å². The molecule has 4 nitrogen and oxygen atoms in total. The third-order valence-corrected chi connectivity index (χ3v) is 2.89. The Kier molecular flexibility index (Phi) is 2.52. The van der Waals surface area contributed by atoms with Crippen molar-refractivity contribution in [1.82, 2.24) is 15.5 Å². The molecule has 0 spiro atoms. The van der Waals surface area contributed by atoms with E-state index in [1.165, 1.54) is 12.8 Å². The first-order chi connectivity index (χ1) is 6.27. The lowest BCUT2D eigenvalue weighted by Crippen LogP contribution is -2.26. The van der Waals surface area contributed by atoms with Crippen LogP contribution in [0.2, 0.25) is 0 Å². The number of amides is 1. The fourth-order valence-electron chi connectivity index (χ4n) is 1.08. The maximum absolute atomic E-state index is 11.5. The van der Waals surface area contributed by atoms with E-state index in [9.17, 15) is 4.79 Å². The molecule has 13 heavy (non-hydrogen) atoms. The number of hydrogen-bond donors (Lipinski definition) is 2. The quantitative estimate of drug-likeness (QED) is 0.821. The molecular weight excluding hydrogens is 281 g/mol. The molecule has 0 bridgehead atoms. The van der Waals surface area contributed by atoms with Gasteiger partial charge >= 0.3 is 0 Å². The molecule has 1 fully saturated rings. The minimum atomic E-state index is -0.0474. The number of carbonyl (C=O) groups excluding carboxylic acids is 1. The topological polar surface area (TPSA) is 57.8 Å². The Hall–Kier alpha value is -0.590. The first-order valence-electron chi connectivity index (χ1n) is 4.24. The highest BCUT2D eigenvalue weighted by atomic mass is 127. The van der Waals surface area contributed by atoms with Crippen molar-refractivity contribution in [1.29, 1.82) is 0 Å². The van der Waals surface area contributed by atoms with Crippen LogP contribution in [0, 0.1) is 9.49 Å². The van der Waals surface area contributed by atoms with Gasteiger partial charge in [0.25, 0.3) is 5.91 Å². The summed E-state index contributed by atoms with van der Waals surface area (Å²) in [6.45, 7) is 0.800. The summed E-state index contributed by atoms with van der Waals surface area (Å²) in [7, 11) is 0. The van der Waals surface area contributed by atoms with E-state index in [0.717, 1.165) is 10.1 Å². The van der Waals surface area contributed by atoms with E-state index in [-0.39, 0.29) is 5.91 Å². The Bertz CT molecular complexity index is 319. The van der Waals surface area contributed by atoms with Gasteiger partial charge in [0.05, 0.1) is 9.77 Å². The van der Waals surface area contributed by atoms with E-state index in [2.05, 4.69) is 38.1 Å². The molecule has 0 aliphatic heterocycles. The van der Waals surface area contributed by atoms with Gasteiger partial charge in [-0.1, -0.05) is 0 Å². The van der Waals surface area contributed by atoms with Gasteiger partial charge in [-0.15, -0.1) is 0 Å². The largest absolute Gasteiger partial charge is 0.350 e. The van der Waals surface area contributed by atoms with Crippen molar-refractivity contribution in [2.24, 2.45) is 5.92 Å². The van der Waals surface area contributed by atoms with Crippen LogP contribution in [-0.4, -0.2) is 22.6 Å². The third-order valence-electron chi connectivity index (χ3n) is 2.07. The number of aromatic amines is 1. The molecule has 0 atom stereocenters. The van der Waals surface area contributed by atoms with Crippen molar-refractivity contribution in [2.75, 3.05) is 6.54 Å². The van der Waals surface area contributed by atoms with E-state index in [4.69, 9.17) is 0 Å². The Labute approximate surface area is 89.6 Å². The molecule has 1 aromatic rings. The Morgan fingerprint density at radius 3 is 3.08 bits per heavy atom. The van der Waals surface area contributed by atoms with Crippen LogP contribution in [0.15, 0.2) is 6.20 Å². The van der Waals surface area contributed by atoms with Gasteiger partial charge < -0.3 is 5.32 Å². The van der Waals surface area contributed by atoms with Crippen LogP contribution in [0.4, 0.5) is 0 Å². The van der Waals surface area contributed by atoms with Crippen molar-refractivity contribution in [2.45, 2.75) is 12.8 Å². The van der Waals surface area contributed by atoms with Crippen molar-refractivity contribution in [3.63, 3.8) is 0 Å². The molecular formula is C8H10IN3O. The molecule has 1 amide bonds. The average Bonchev–Trinajstić information content (AvgIpc) is 2.84. The molecule has 0 radical (unpaired) electrons. The monoisotopic (exact) mass is 291 g/mol. The number of aromatic nitrogens is 2. The fourth-order valence-corrected chi connectivity index (χ4v) is 1.58. The van der Waals surface area contributed by atoms with Crippen molar-refractivity contribution >= 4 is 28.5 Å². The molecule has 2 rings (SSSR count). The summed E-state index contributed by atoms with van der Waals surface area (Å²) >= 11 is 2.09. The second-order valence-electron chi connectivity index (χ2n) is 3.25. The molecule has 1 heterocycles. The number of rotatable bonds is 3. The molecule has 0 saturated heterocycles. The van der Waals surface area contributed by atoms with Gasteiger partial charge in [0.1, 0.15) is 5.69 Å². The zero-order chi connectivity index (χ0) is 9.26. The Balaban J connectivity index is 1.92. The summed E-state index contributed by atoms with van der Waals surface area (Å²) in [5.74, 6) is 0.665. The lowest BCUT2D eigenvalue weighted by atomic mass is 10.3. The summed E-state index contributed by atoms with van der Waals surface area (Å²) in [4.78, 5) is 11.5. The SMILES string of the molecule is O=C(NCC1CC1)c1[nH]ncc1I. The zero-order valence-electron chi connectivity index (χ0n) is 7.01. The summed E-state index contributed by atoms with van der Waals surface area (Å²) in [6.07, 6.45) is 4.15. The molecule has 70 valence electrons. The van der Waals surface area contributed by atoms with E-state index in [0.29, 0.717) is 11.6 Å². The second kappa shape index (κ2) is 3.65. The summed E-state index contributed by atoms with van der Waals surface area (Å²) in [5, 5.41) is 9.34. The summed E-state index contributed by atoms with van der Waals surface area (Å²) < 4.78 is 0.867. The first-order valence-corrected chi connectivity index (χ1v) is 5.32. The number of halogens is 1. The van der Waals surface area contributed by atoms with E-state index in [1.54, 1.807) is 6.20 Å². The minimum Gasteiger partial charge on any atom is -0.350 e. The summed E-state index contributed by atoms with van der Waals surface area (Å²) in [6, 6.07) is 0. The third kappa shape index (κ3) is 2.20. The number of H-pyrrole nitrogens is 1. The predicted molar refractivity (Wildman–Crippen MR) is 56.4 cm³/mol. The maximum Gasteiger partial charge on any atom is 0.270 e. The van der Waals surface area contributed by atoms with Crippen molar-refractivity contribution in [3.8, 4) is 0 Å². The highest BCUT2D eigenvalue weighted by Gasteiger charge is 2.22. The number of nitrogens with zero attached hydrogens (tertiary/aromatic N) is 1. The standard InChI is InChI=1S/C8H10IN3O/c9-6-4-11-12-7(6)8(13)10-3-5-1-2-5/h4-5H,1-3H2,(H,10,13)(H,11,12). The van der Waals surface area contributed by atoms with Gasteiger partial charge in [-0.3, -0.25) is 9.89 Å². The van der Waals surface area contributed by atoms with Gasteiger partial charge in [-0.2, -0.15) is 5.10 Å². The van der Waals surface area contributed by atoms with Crippen molar-refractivity contribution < 1.29 is 4.79 Å². The van der Waals surface area contributed by atoms with Gasteiger partial charge in [-0.25, -0.2) is 0 Å². The van der Waals surface area contributed by atoms with Crippen LogP contribution in [0.1, 0.15) is 23.3 Å². The molecule has 2 N–H and O–H groups in total. The molecule has 0 aromatic carbocycles. The van der Waals surface area contributed by atoms with Gasteiger partial charge in [0.2, 0.25) is 0 Å². The van der Waals surface area contributed by atoms with E-state index < -0.39 is 0 Å². The fraction of sp³-hybridized carbons (Fsp3) is 0.500. The van der Waals surface area contributed by atoms with E-state index >= 15 is 0 Å². The number of nitrogens with one attached hydrogen (secondary N) is 2. The van der Waals surface area contributed by atoms with Gasteiger partial charge in [0, 0.05) is 6.54 Å². The molecule has 1 aliphatic carbocycles. The highest BCUT2D eigenvalue weighted by Crippen LogP contribution is 2.27. The molecule has 1 saturated carbocycles. The first kappa shape index (κ1) is 8.98. The highest BCUT2D eigenvalue weighted by molar-refractivity contribution is 14.1. The van der Waals surface area contributed by atoms with Crippen LogP contribution >= 0.6 is 22.6 Å². The maximum atomic E-state index is 11.5. The Morgan fingerprint density at radius 2 is 2.54 bits per heavy atom. The lowest BCUT2D eigenvalue weighted by Gasteiger charge is -2.01. The number of carbonyl (C=O) groups is 1. The van der Waals surface area contributed by atoms with Crippen LogP contribution in [0.25, 0.3) is 0 Å². The normalized spacial score (nSPS) is 15.8. The van der Waals surface area contributed by atoms with E-state index in [1.807, 2.05) is 0 Å². The Morgan fingerprint density at radius 1 is 1.77 bits per heavy atom. The lowest BCUT2D eigenvalue weighted by molar-refractivity contribution is 0.0946. The molecule has 1 aliphatic rings. The summed E-state index contributed by atoms with van der Waals surface area (Å²) in [5.41, 5.74) is 0.571. The minimum absolute atomic E-state index is 0.0474. The van der Waals surface area contributed by atoms with Gasteiger partial charge in [0.15, 0.2) is 0 Å². The zero-order valence-corrected chi connectivity index (χ0v) is 9.17. The number of hydrogen-bond acceptors (Lipinski definition) is 2. The smallest absolute Gasteiger partial charge is 0.270 e. The molecule has 0 unspecified atom stereocenters. The predicted octanol–water partition coefficient (Wildman–Crippen LogP) is 1.15. The van der Waals surface area contributed by atoms with Crippen LogP contribution in [0.3, 0.4) is 0 Å². The average molecular weight is 291 g/mol. The van der Waals surface area contributed by atoms with Crippen LogP contribution < -0.4 is 5.32 Å². The van der Waals surface area contributed by atoms with Crippen LogP contribution in [0.5, 0.6) is 0 Å². The van der Waals surface area contributed by atoms with Crippen LogP contribution in [-0.2, 0) is 0 Å². The molecule has 1 aromatic heterocycles. The second-order valence-corrected chi connectivity index (χ2v) is 4.41. The van der Waals surface area contributed by atoms with Gasteiger partial charge in [-0.05, 0) is 41.4 Å². The molecule has 5 heteroatoms.